The van der Waals surface area contributed by atoms with Crippen molar-refractivity contribution in [2.75, 3.05) is 6.54 Å². The minimum absolute atomic E-state index is 0.0273. The second kappa shape index (κ2) is 8.90. The Morgan fingerprint density at radius 2 is 2.00 bits per heavy atom. The Morgan fingerprint density at radius 1 is 1.21 bits per heavy atom. The standard InChI is InChI=1S/C22H25NO4S/c24-13-16-5-7-17(8-6-16)14-26-21-11-18(20-2-1-9-28-20)10-19(27-21)22(25)23-12-15-3-4-15/h1-2,5-10,15,18,21,24H,3-4,11-14H2,(H,23,25)/t18-,21+/m1/s1. The fraction of sp³-hybridized carbons (Fsp3) is 0.409. The van der Waals surface area contributed by atoms with Crippen LogP contribution in [0.5, 0.6) is 0 Å². The van der Waals surface area contributed by atoms with E-state index < -0.39 is 6.29 Å². The molecule has 0 unspecified atom stereocenters. The number of aliphatic hydroxyl groups excluding tert-OH is 1. The van der Waals surface area contributed by atoms with Gasteiger partial charge in [0.2, 0.25) is 6.29 Å². The van der Waals surface area contributed by atoms with Crippen LogP contribution in [0.25, 0.3) is 0 Å². The predicted molar refractivity (Wildman–Crippen MR) is 108 cm³/mol. The maximum absolute atomic E-state index is 12.6. The number of carbonyl (C=O) groups is 1. The number of allylic oxidation sites excluding steroid dienone is 1. The molecule has 1 aliphatic carbocycles. The number of hydrogen-bond acceptors (Lipinski definition) is 5. The highest BCUT2D eigenvalue weighted by atomic mass is 32.1. The molecule has 1 fully saturated rings. The van der Waals surface area contributed by atoms with Gasteiger partial charge in [-0.15, -0.1) is 11.3 Å². The van der Waals surface area contributed by atoms with E-state index in [0.29, 0.717) is 31.2 Å². The average Bonchev–Trinajstić information content (AvgIpc) is 3.41. The minimum Gasteiger partial charge on any atom is -0.459 e. The van der Waals surface area contributed by atoms with Crippen molar-refractivity contribution in [2.24, 2.45) is 5.92 Å². The number of hydrogen-bond donors (Lipinski definition) is 2. The number of rotatable bonds is 8. The van der Waals surface area contributed by atoms with Gasteiger partial charge in [0, 0.05) is 23.8 Å². The quantitative estimate of drug-likeness (QED) is 0.710. The van der Waals surface area contributed by atoms with E-state index in [9.17, 15) is 4.79 Å². The number of amides is 1. The van der Waals surface area contributed by atoms with Crippen LogP contribution in [0.2, 0.25) is 0 Å². The molecule has 1 aromatic carbocycles. The highest BCUT2D eigenvalue weighted by Gasteiger charge is 2.30. The van der Waals surface area contributed by atoms with Crippen molar-refractivity contribution in [3.63, 3.8) is 0 Å². The van der Waals surface area contributed by atoms with E-state index in [4.69, 9.17) is 14.6 Å². The van der Waals surface area contributed by atoms with Crippen LogP contribution < -0.4 is 5.32 Å². The Hall–Kier alpha value is -2.15. The molecule has 1 aromatic heterocycles. The van der Waals surface area contributed by atoms with E-state index in [1.54, 1.807) is 11.3 Å². The number of ether oxygens (including phenoxy) is 2. The van der Waals surface area contributed by atoms with E-state index >= 15 is 0 Å². The van der Waals surface area contributed by atoms with Crippen LogP contribution in [0, 0.1) is 5.92 Å². The number of aliphatic hydroxyl groups is 1. The summed E-state index contributed by atoms with van der Waals surface area (Å²) in [6.07, 6.45) is 4.51. The zero-order chi connectivity index (χ0) is 19.3. The molecule has 2 aliphatic rings. The first kappa shape index (κ1) is 19.2. The maximum atomic E-state index is 12.6. The highest BCUT2D eigenvalue weighted by Crippen LogP contribution is 2.34. The van der Waals surface area contributed by atoms with Gasteiger partial charge in [0.25, 0.3) is 5.91 Å². The Balaban J connectivity index is 1.41. The summed E-state index contributed by atoms with van der Waals surface area (Å²) < 4.78 is 11.9. The van der Waals surface area contributed by atoms with Crippen LogP contribution in [0.1, 0.15) is 41.2 Å². The van der Waals surface area contributed by atoms with Crippen molar-refractivity contribution in [3.8, 4) is 0 Å². The molecule has 1 amide bonds. The number of carbonyl (C=O) groups excluding carboxylic acids is 1. The van der Waals surface area contributed by atoms with Gasteiger partial charge in [0.05, 0.1) is 13.2 Å². The highest BCUT2D eigenvalue weighted by molar-refractivity contribution is 7.10. The van der Waals surface area contributed by atoms with Gasteiger partial charge in [-0.2, -0.15) is 0 Å². The Bertz CT molecular complexity index is 812. The van der Waals surface area contributed by atoms with Crippen molar-refractivity contribution in [2.45, 2.75) is 44.7 Å². The molecular weight excluding hydrogens is 374 g/mol. The molecule has 5 nitrogen and oxygen atoms in total. The van der Waals surface area contributed by atoms with Crippen LogP contribution in [0.4, 0.5) is 0 Å². The maximum Gasteiger partial charge on any atom is 0.286 e. The lowest BCUT2D eigenvalue weighted by molar-refractivity contribution is -0.150. The Morgan fingerprint density at radius 3 is 2.68 bits per heavy atom. The zero-order valence-electron chi connectivity index (χ0n) is 15.7. The fourth-order valence-corrected chi connectivity index (χ4v) is 4.01. The molecule has 1 aliphatic heterocycles. The topological polar surface area (TPSA) is 67.8 Å². The first-order valence-corrected chi connectivity index (χ1v) is 10.6. The first-order valence-electron chi connectivity index (χ1n) is 9.71. The summed E-state index contributed by atoms with van der Waals surface area (Å²) in [5, 5.41) is 14.2. The SMILES string of the molecule is O=C(NCC1CC1)C1=C[C@@H](c2cccs2)C[C@@H](OCc2ccc(CO)cc2)O1. The molecule has 0 radical (unpaired) electrons. The third-order valence-corrected chi connectivity index (χ3v) is 6.08. The zero-order valence-corrected chi connectivity index (χ0v) is 16.5. The molecule has 0 spiro atoms. The Kier molecular flexibility index (Phi) is 6.10. The number of thiophene rings is 1. The second-order valence-electron chi connectivity index (χ2n) is 7.37. The largest absolute Gasteiger partial charge is 0.459 e. The van der Waals surface area contributed by atoms with Gasteiger partial charge in [0.15, 0.2) is 5.76 Å². The van der Waals surface area contributed by atoms with E-state index in [0.717, 1.165) is 11.1 Å². The summed E-state index contributed by atoms with van der Waals surface area (Å²) in [6, 6.07) is 11.7. The third-order valence-electron chi connectivity index (χ3n) is 5.08. The molecule has 4 rings (SSSR count). The van der Waals surface area contributed by atoms with E-state index in [1.807, 2.05) is 41.8 Å². The second-order valence-corrected chi connectivity index (χ2v) is 8.35. The van der Waals surface area contributed by atoms with Gasteiger partial charge in [-0.05, 0) is 47.4 Å². The summed E-state index contributed by atoms with van der Waals surface area (Å²) in [5.74, 6) is 0.923. The smallest absolute Gasteiger partial charge is 0.286 e. The van der Waals surface area contributed by atoms with Crippen LogP contribution in [-0.2, 0) is 27.5 Å². The minimum atomic E-state index is -0.476. The lowest BCUT2D eigenvalue weighted by atomic mass is 9.99. The number of benzene rings is 1. The molecular formula is C22H25NO4S. The lowest BCUT2D eigenvalue weighted by Crippen LogP contribution is -2.33. The molecule has 6 heteroatoms. The molecule has 1 saturated carbocycles. The molecule has 2 heterocycles. The summed E-state index contributed by atoms with van der Waals surface area (Å²) in [4.78, 5) is 13.8. The van der Waals surface area contributed by atoms with Gasteiger partial charge in [0.1, 0.15) is 0 Å². The summed E-state index contributed by atoms with van der Waals surface area (Å²) in [7, 11) is 0. The molecule has 148 valence electrons. The van der Waals surface area contributed by atoms with Crippen molar-refractivity contribution >= 4 is 17.2 Å². The molecule has 0 bridgehead atoms. The molecule has 28 heavy (non-hydrogen) atoms. The lowest BCUT2D eigenvalue weighted by Gasteiger charge is -2.28. The van der Waals surface area contributed by atoms with Crippen LogP contribution >= 0.6 is 11.3 Å². The molecule has 2 atom stereocenters. The molecule has 0 saturated heterocycles. The van der Waals surface area contributed by atoms with E-state index in [-0.39, 0.29) is 18.4 Å². The van der Waals surface area contributed by atoms with Crippen molar-refractivity contribution in [3.05, 3.63) is 69.6 Å². The van der Waals surface area contributed by atoms with Crippen LogP contribution in [0.15, 0.2) is 53.6 Å². The van der Waals surface area contributed by atoms with Gasteiger partial charge >= 0.3 is 0 Å². The van der Waals surface area contributed by atoms with E-state index in [1.165, 1.54) is 17.7 Å². The van der Waals surface area contributed by atoms with Crippen LogP contribution in [-0.4, -0.2) is 23.8 Å². The van der Waals surface area contributed by atoms with Gasteiger partial charge in [-0.25, -0.2) is 0 Å². The monoisotopic (exact) mass is 399 g/mol. The summed E-state index contributed by atoms with van der Waals surface area (Å²) >= 11 is 1.68. The fourth-order valence-electron chi connectivity index (χ4n) is 3.20. The Labute approximate surface area is 169 Å². The van der Waals surface area contributed by atoms with Gasteiger partial charge < -0.3 is 19.9 Å². The summed E-state index contributed by atoms with van der Waals surface area (Å²) in [5.41, 5.74) is 1.87. The summed E-state index contributed by atoms with van der Waals surface area (Å²) in [6.45, 7) is 1.13. The van der Waals surface area contributed by atoms with Crippen molar-refractivity contribution in [1.82, 2.24) is 5.32 Å². The third kappa shape index (κ3) is 5.01. The van der Waals surface area contributed by atoms with E-state index in [2.05, 4.69) is 11.4 Å². The van der Waals surface area contributed by atoms with Crippen molar-refractivity contribution < 1.29 is 19.4 Å². The van der Waals surface area contributed by atoms with Crippen LogP contribution in [0.3, 0.4) is 0 Å². The average molecular weight is 400 g/mol. The molecule has 2 aromatic rings. The predicted octanol–water partition coefficient (Wildman–Crippen LogP) is 3.70. The molecule has 2 N–H and O–H groups in total. The number of nitrogens with one attached hydrogen (secondary N) is 1. The van der Waals surface area contributed by atoms with Gasteiger partial charge in [-0.1, -0.05) is 30.3 Å². The van der Waals surface area contributed by atoms with Gasteiger partial charge in [-0.3, -0.25) is 4.79 Å². The first-order chi connectivity index (χ1) is 13.7. The normalized spacial score (nSPS) is 21.7. The van der Waals surface area contributed by atoms with Crippen molar-refractivity contribution in [1.29, 1.82) is 0 Å².